The van der Waals surface area contributed by atoms with Gasteiger partial charge in [-0.25, -0.2) is 5.43 Å². The van der Waals surface area contributed by atoms with Crippen molar-refractivity contribution in [1.29, 1.82) is 0 Å². The molecule has 0 spiro atoms. The minimum atomic E-state index is -0.331. The lowest BCUT2D eigenvalue weighted by molar-refractivity contribution is -0.123. The fourth-order valence-corrected chi connectivity index (χ4v) is 2.96. The van der Waals surface area contributed by atoms with Crippen molar-refractivity contribution >= 4 is 28.1 Å². The zero-order chi connectivity index (χ0) is 19.4. The normalized spacial score (nSPS) is 12.6. The Labute approximate surface area is 166 Å². The summed E-state index contributed by atoms with van der Waals surface area (Å²) in [6, 6.07) is 9.40. The van der Waals surface area contributed by atoms with Crippen LogP contribution >= 0.6 is 15.9 Å². The summed E-state index contributed by atoms with van der Waals surface area (Å²) in [5.41, 5.74) is 5.36. The molecule has 142 valence electrons. The topological polar surface area (TPSA) is 69.2 Å². The van der Waals surface area contributed by atoms with Crippen LogP contribution in [0.2, 0.25) is 0 Å². The van der Waals surface area contributed by atoms with Crippen molar-refractivity contribution in [2.45, 2.75) is 26.7 Å². The minimum absolute atomic E-state index is 0.112. The summed E-state index contributed by atoms with van der Waals surface area (Å²) < 4.78 is 17.3. The van der Waals surface area contributed by atoms with Gasteiger partial charge in [0.1, 0.15) is 5.75 Å². The number of rotatable bonds is 6. The van der Waals surface area contributed by atoms with E-state index in [1.54, 1.807) is 18.3 Å². The summed E-state index contributed by atoms with van der Waals surface area (Å²) in [6.07, 6.45) is 1.54. The van der Waals surface area contributed by atoms with Crippen LogP contribution in [0.1, 0.15) is 36.5 Å². The van der Waals surface area contributed by atoms with E-state index in [1.165, 1.54) is 0 Å². The number of nitrogens with zero attached hydrogens (tertiary/aromatic N) is 1. The molecule has 0 radical (unpaired) electrons. The quantitative estimate of drug-likeness (QED) is 0.549. The summed E-state index contributed by atoms with van der Waals surface area (Å²) in [4.78, 5) is 12.0. The molecule has 1 heterocycles. The molecule has 2 aromatic carbocycles. The van der Waals surface area contributed by atoms with Crippen molar-refractivity contribution in [3.63, 3.8) is 0 Å². The van der Waals surface area contributed by atoms with Crippen LogP contribution in [0.25, 0.3) is 0 Å². The first kappa shape index (κ1) is 19.2. The number of nitrogens with one attached hydrogen (secondary N) is 1. The lowest BCUT2D eigenvalue weighted by Gasteiger charge is -2.15. The summed E-state index contributed by atoms with van der Waals surface area (Å²) in [6.45, 7) is 6.26. The van der Waals surface area contributed by atoms with E-state index in [0.29, 0.717) is 17.2 Å². The number of amides is 1. The number of carbonyl (C=O) groups excluding carboxylic acids is 1. The highest BCUT2D eigenvalue weighted by Crippen LogP contribution is 2.33. The first-order chi connectivity index (χ1) is 12.9. The molecule has 7 heteroatoms. The molecule has 0 unspecified atom stereocenters. The van der Waals surface area contributed by atoms with Gasteiger partial charge in [-0.2, -0.15) is 5.10 Å². The summed E-state index contributed by atoms with van der Waals surface area (Å²) in [5, 5.41) is 3.96. The van der Waals surface area contributed by atoms with Gasteiger partial charge in [-0.05, 0) is 59.9 Å². The largest absolute Gasteiger partial charge is 0.483 e. The van der Waals surface area contributed by atoms with Gasteiger partial charge in [0, 0.05) is 4.47 Å². The van der Waals surface area contributed by atoms with E-state index in [4.69, 9.17) is 14.2 Å². The number of carbonyl (C=O) groups is 1. The highest BCUT2D eigenvalue weighted by Gasteiger charge is 2.13. The van der Waals surface area contributed by atoms with Gasteiger partial charge in [0.05, 0.1) is 6.21 Å². The van der Waals surface area contributed by atoms with Crippen LogP contribution in [0, 0.1) is 6.92 Å². The molecule has 6 nitrogen and oxygen atoms in total. The Hall–Kier alpha value is -2.54. The van der Waals surface area contributed by atoms with E-state index in [2.05, 4.69) is 40.3 Å². The zero-order valence-electron chi connectivity index (χ0n) is 15.4. The number of hydrogen-bond acceptors (Lipinski definition) is 5. The molecule has 2 aromatic rings. The van der Waals surface area contributed by atoms with Crippen molar-refractivity contribution in [1.82, 2.24) is 5.43 Å². The maximum absolute atomic E-state index is 12.0. The average molecular weight is 433 g/mol. The highest BCUT2D eigenvalue weighted by atomic mass is 79.9. The van der Waals surface area contributed by atoms with E-state index in [1.807, 2.05) is 25.1 Å². The van der Waals surface area contributed by atoms with Crippen LogP contribution in [0.4, 0.5) is 0 Å². The van der Waals surface area contributed by atoms with Crippen LogP contribution in [0.3, 0.4) is 0 Å². The molecule has 1 N–H and O–H groups in total. The van der Waals surface area contributed by atoms with Gasteiger partial charge >= 0.3 is 0 Å². The fourth-order valence-electron chi connectivity index (χ4n) is 2.59. The number of aryl methyl sites for hydroxylation is 1. The Morgan fingerprint density at radius 2 is 2.07 bits per heavy atom. The summed E-state index contributed by atoms with van der Waals surface area (Å²) in [5.74, 6) is 2.03. The third-order valence-corrected chi connectivity index (χ3v) is 4.93. The third-order valence-electron chi connectivity index (χ3n) is 4.07. The predicted octanol–water partition coefficient (Wildman–Crippen LogP) is 4.14. The van der Waals surface area contributed by atoms with Crippen LogP contribution < -0.4 is 19.6 Å². The van der Waals surface area contributed by atoms with Crippen molar-refractivity contribution in [2.75, 3.05) is 13.4 Å². The first-order valence-corrected chi connectivity index (χ1v) is 9.37. The zero-order valence-corrected chi connectivity index (χ0v) is 17.0. The van der Waals surface area contributed by atoms with Gasteiger partial charge in [-0.3, -0.25) is 4.79 Å². The number of fused-ring (bicyclic) bond motifs is 1. The molecule has 3 rings (SSSR count). The number of benzene rings is 2. The van der Waals surface area contributed by atoms with Gasteiger partial charge in [0.15, 0.2) is 18.1 Å². The maximum Gasteiger partial charge on any atom is 0.277 e. The molecule has 0 bridgehead atoms. The highest BCUT2D eigenvalue weighted by molar-refractivity contribution is 9.10. The molecule has 1 aliphatic heterocycles. The lowest BCUT2D eigenvalue weighted by Crippen LogP contribution is -2.25. The van der Waals surface area contributed by atoms with E-state index in [9.17, 15) is 4.79 Å². The van der Waals surface area contributed by atoms with E-state index < -0.39 is 0 Å². The molecular formula is C20H21BrN2O4. The minimum Gasteiger partial charge on any atom is -0.483 e. The van der Waals surface area contributed by atoms with Gasteiger partial charge in [-0.1, -0.05) is 29.8 Å². The molecule has 1 aliphatic rings. The molecule has 27 heavy (non-hydrogen) atoms. The second kappa shape index (κ2) is 8.43. The van der Waals surface area contributed by atoms with E-state index >= 15 is 0 Å². The second-order valence-corrected chi connectivity index (χ2v) is 7.34. The monoisotopic (exact) mass is 432 g/mol. The van der Waals surface area contributed by atoms with Gasteiger partial charge in [0.25, 0.3) is 5.91 Å². The number of hydrogen-bond donors (Lipinski definition) is 1. The van der Waals surface area contributed by atoms with Gasteiger partial charge in [0.2, 0.25) is 6.79 Å². The van der Waals surface area contributed by atoms with Crippen LogP contribution in [0.15, 0.2) is 39.9 Å². The lowest BCUT2D eigenvalue weighted by atomic mass is 10.0. The molecule has 0 saturated heterocycles. The summed E-state index contributed by atoms with van der Waals surface area (Å²) in [7, 11) is 0. The second-order valence-electron chi connectivity index (χ2n) is 6.49. The van der Waals surface area contributed by atoms with Crippen LogP contribution in [0.5, 0.6) is 17.2 Å². The van der Waals surface area contributed by atoms with E-state index in [0.717, 1.165) is 21.2 Å². The van der Waals surface area contributed by atoms with E-state index in [-0.39, 0.29) is 25.2 Å². The molecular weight excluding hydrogens is 412 g/mol. The molecule has 1 amide bonds. The molecule has 0 fully saturated rings. The Kier molecular flexibility index (Phi) is 6.01. The van der Waals surface area contributed by atoms with Crippen LogP contribution in [-0.2, 0) is 4.79 Å². The van der Waals surface area contributed by atoms with Crippen molar-refractivity contribution in [3.05, 3.63) is 51.5 Å². The van der Waals surface area contributed by atoms with Gasteiger partial charge in [-0.15, -0.1) is 0 Å². The SMILES string of the molecule is Cc1cc(OCC(=O)N/N=C/c2ccc3c(c2)OCO3)c(C(C)C)cc1Br. The molecule has 0 saturated carbocycles. The van der Waals surface area contributed by atoms with Crippen molar-refractivity contribution in [3.8, 4) is 17.2 Å². The van der Waals surface area contributed by atoms with Crippen LogP contribution in [-0.4, -0.2) is 25.5 Å². The van der Waals surface area contributed by atoms with Gasteiger partial charge < -0.3 is 14.2 Å². The number of hydrazone groups is 1. The maximum atomic E-state index is 12.0. The number of ether oxygens (including phenoxy) is 3. The fraction of sp³-hybridized carbons (Fsp3) is 0.300. The van der Waals surface area contributed by atoms with Crippen molar-refractivity contribution in [2.24, 2.45) is 5.10 Å². The molecule has 0 atom stereocenters. The molecule has 0 aromatic heterocycles. The smallest absolute Gasteiger partial charge is 0.277 e. The Morgan fingerprint density at radius 1 is 1.30 bits per heavy atom. The van der Waals surface area contributed by atoms with Crippen molar-refractivity contribution < 1.29 is 19.0 Å². The Morgan fingerprint density at radius 3 is 2.85 bits per heavy atom. The standard InChI is InChI=1S/C20H21BrN2O4/c1-12(2)15-8-16(21)13(3)6-18(15)25-10-20(24)23-22-9-14-4-5-17-19(7-14)27-11-26-17/h4-9,12H,10-11H2,1-3H3,(H,23,24)/b22-9+. The number of halogens is 1. The first-order valence-electron chi connectivity index (χ1n) is 8.58. The average Bonchev–Trinajstić information content (AvgIpc) is 3.10. The predicted molar refractivity (Wildman–Crippen MR) is 107 cm³/mol. The third kappa shape index (κ3) is 4.80. The Balaban J connectivity index is 1.56. The summed E-state index contributed by atoms with van der Waals surface area (Å²) >= 11 is 3.53. The molecule has 0 aliphatic carbocycles. The Bertz CT molecular complexity index is 881.